The van der Waals surface area contributed by atoms with Crippen LogP contribution in [0.2, 0.25) is 0 Å². The van der Waals surface area contributed by atoms with E-state index < -0.39 is 0 Å². The summed E-state index contributed by atoms with van der Waals surface area (Å²) < 4.78 is 0. The van der Waals surface area contributed by atoms with Crippen LogP contribution in [0.4, 0.5) is 5.69 Å². The summed E-state index contributed by atoms with van der Waals surface area (Å²) in [6.07, 6.45) is 0. The predicted octanol–water partition coefficient (Wildman–Crippen LogP) is 8.51. The van der Waals surface area contributed by atoms with Gasteiger partial charge in [0.05, 0.1) is 22.8 Å². The molecule has 3 heteroatoms. The number of para-hydroxylation sites is 2. The average Bonchev–Trinajstić information content (AvgIpc) is 2.84. The van der Waals surface area contributed by atoms with Crippen LogP contribution in [-0.4, -0.2) is 15.8 Å². The molecule has 0 aliphatic heterocycles. The van der Waals surface area contributed by atoms with E-state index in [4.69, 9.17) is 9.98 Å². The molecular weight excluding hydrogens is 416 g/mol. The molecule has 0 bridgehead atoms. The Labute approximate surface area is 202 Å². The van der Waals surface area contributed by atoms with Gasteiger partial charge < -0.3 is 5.11 Å². The summed E-state index contributed by atoms with van der Waals surface area (Å²) in [5.74, 6) is 0.990. The van der Waals surface area contributed by atoms with E-state index in [1.54, 1.807) is 0 Å². The largest absolute Gasteiger partial charge is 0.507 e. The van der Waals surface area contributed by atoms with Crippen molar-refractivity contribution in [2.24, 2.45) is 4.99 Å². The maximum Gasteiger partial charge on any atom is 0.132 e. The van der Waals surface area contributed by atoms with Crippen molar-refractivity contribution < 1.29 is 5.11 Å². The van der Waals surface area contributed by atoms with Crippen molar-refractivity contribution in [3.05, 3.63) is 102 Å². The minimum atomic E-state index is 0.236. The zero-order valence-corrected chi connectivity index (χ0v) is 20.6. The lowest BCUT2D eigenvalue weighted by atomic mass is 9.93. The molecule has 3 nitrogen and oxygen atoms in total. The van der Waals surface area contributed by atoms with E-state index in [0.29, 0.717) is 17.4 Å². The van der Waals surface area contributed by atoms with Gasteiger partial charge in [0.2, 0.25) is 0 Å². The summed E-state index contributed by atoms with van der Waals surface area (Å²) >= 11 is 0. The Morgan fingerprint density at radius 2 is 1.29 bits per heavy atom. The van der Waals surface area contributed by atoms with Crippen LogP contribution in [0.15, 0.2) is 89.9 Å². The molecule has 0 saturated heterocycles. The van der Waals surface area contributed by atoms with E-state index in [1.165, 1.54) is 11.1 Å². The van der Waals surface area contributed by atoms with Crippen molar-refractivity contribution in [3.8, 4) is 28.1 Å². The molecule has 172 valence electrons. The molecular formula is C31H32N2O. The molecule has 0 saturated carbocycles. The van der Waals surface area contributed by atoms with Crippen LogP contribution >= 0.6 is 0 Å². The second-order valence-corrected chi connectivity index (χ2v) is 9.27. The first kappa shape index (κ1) is 23.4. The Morgan fingerprint density at radius 3 is 1.94 bits per heavy atom. The quantitative estimate of drug-likeness (QED) is 0.300. The molecule has 4 aromatic rings. The first-order valence-electron chi connectivity index (χ1n) is 11.9. The maximum atomic E-state index is 11.1. The van der Waals surface area contributed by atoms with Gasteiger partial charge in [0.1, 0.15) is 5.75 Å². The Morgan fingerprint density at radius 1 is 0.706 bits per heavy atom. The highest BCUT2D eigenvalue weighted by Gasteiger charge is 2.15. The van der Waals surface area contributed by atoms with Gasteiger partial charge in [-0.25, -0.2) is 4.98 Å². The van der Waals surface area contributed by atoms with Gasteiger partial charge in [-0.1, -0.05) is 94.4 Å². The van der Waals surface area contributed by atoms with Crippen molar-refractivity contribution in [2.45, 2.75) is 46.5 Å². The Hall–Kier alpha value is -3.72. The molecule has 1 heterocycles. The van der Waals surface area contributed by atoms with Crippen LogP contribution in [-0.2, 0) is 0 Å². The van der Waals surface area contributed by atoms with Crippen molar-refractivity contribution in [1.82, 2.24) is 4.98 Å². The Kier molecular flexibility index (Phi) is 6.93. The van der Waals surface area contributed by atoms with Crippen LogP contribution in [0.5, 0.6) is 5.75 Å². The molecule has 3 aromatic carbocycles. The summed E-state index contributed by atoms with van der Waals surface area (Å²) in [6, 6.07) is 28.1. The lowest BCUT2D eigenvalue weighted by molar-refractivity contribution is 0.479. The van der Waals surface area contributed by atoms with Gasteiger partial charge in [0.15, 0.2) is 0 Å². The van der Waals surface area contributed by atoms with Crippen molar-refractivity contribution in [3.63, 3.8) is 0 Å². The van der Waals surface area contributed by atoms with Crippen LogP contribution in [0, 0.1) is 0 Å². The number of pyridine rings is 1. The smallest absolute Gasteiger partial charge is 0.132 e. The molecule has 0 fully saturated rings. The minimum absolute atomic E-state index is 0.236. The lowest BCUT2D eigenvalue weighted by Gasteiger charge is -2.17. The SMILES string of the molecule is CC(=Nc1c(C(C)C)cccc1C(C)C)c1cccc(-c2cccc(-c3ccccc3)c2O)n1. The third kappa shape index (κ3) is 4.79. The Balaban J connectivity index is 1.78. The number of phenols is 1. The third-order valence-electron chi connectivity index (χ3n) is 6.14. The number of hydrogen-bond donors (Lipinski definition) is 1. The zero-order chi connectivity index (χ0) is 24.2. The fourth-order valence-corrected chi connectivity index (χ4v) is 4.25. The molecule has 4 rings (SSSR count). The summed E-state index contributed by atoms with van der Waals surface area (Å²) in [5.41, 5.74) is 8.40. The van der Waals surface area contributed by atoms with Gasteiger partial charge in [0.25, 0.3) is 0 Å². The van der Waals surface area contributed by atoms with E-state index >= 15 is 0 Å². The molecule has 34 heavy (non-hydrogen) atoms. The topological polar surface area (TPSA) is 45.5 Å². The predicted molar refractivity (Wildman–Crippen MR) is 143 cm³/mol. The molecule has 0 aliphatic rings. The summed E-state index contributed by atoms with van der Waals surface area (Å²) in [5, 5.41) is 11.1. The second-order valence-electron chi connectivity index (χ2n) is 9.27. The molecule has 0 amide bonds. The number of hydrogen-bond acceptors (Lipinski definition) is 3. The third-order valence-corrected chi connectivity index (χ3v) is 6.14. The van der Waals surface area contributed by atoms with Crippen LogP contribution in [0.25, 0.3) is 22.4 Å². The number of phenolic OH excluding ortho intramolecular Hbond substituents is 1. The highest BCUT2D eigenvalue weighted by molar-refractivity contribution is 5.99. The van der Waals surface area contributed by atoms with Crippen LogP contribution in [0.3, 0.4) is 0 Å². The number of aromatic nitrogens is 1. The Bertz CT molecular complexity index is 1290. The lowest BCUT2D eigenvalue weighted by Crippen LogP contribution is -2.02. The summed E-state index contributed by atoms with van der Waals surface area (Å²) in [7, 11) is 0. The first-order valence-corrected chi connectivity index (χ1v) is 11.9. The van der Waals surface area contributed by atoms with Crippen LogP contribution in [0.1, 0.15) is 63.3 Å². The van der Waals surface area contributed by atoms with E-state index in [0.717, 1.165) is 33.9 Å². The van der Waals surface area contributed by atoms with Gasteiger partial charge in [-0.05, 0) is 53.6 Å². The number of aromatic hydroxyl groups is 1. The molecule has 0 aliphatic carbocycles. The minimum Gasteiger partial charge on any atom is -0.507 e. The molecule has 0 radical (unpaired) electrons. The van der Waals surface area contributed by atoms with Gasteiger partial charge in [0, 0.05) is 11.1 Å². The van der Waals surface area contributed by atoms with E-state index in [-0.39, 0.29) is 5.75 Å². The standard InChI is InChI=1S/C31H32N2O/c1-20(2)24-14-9-15-25(21(3)4)30(24)32-22(5)28-18-11-19-29(33-28)27-17-10-16-26(31(27)34)23-12-7-6-8-13-23/h6-21,34H,1-5H3. The van der Waals surface area contributed by atoms with E-state index in [2.05, 4.69) is 45.9 Å². The fourth-order valence-electron chi connectivity index (χ4n) is 4.25. The maximum absolute atomic E-state index is 11.1. The van der Waals surface area contributed by atoms with Gasteiger partial charge in [-0.2, -0.15) is 0 Å². The highest BCUT2D eigenvalue weighted by Crippen LogP contribution is 2.38. The molecule has 1 N–H and O–H groups in total. The zero-order valence-electron chi connectivity index (χ0n) is 20.6. The number of aliphatic imine (C=N–C) groups is 1. The van der Waals surface area contributed by atoms with Crippen molar-refractivity contribution in [2.75, 3.05) is 0 Å². The number of benzene rings is 3. The van der Waals surface area contributed by atoms with E-state index in [9.17, 15) is 5.11 Å². The number of nitrogens with zero attached hydrogens (tertiary/aromatic N) is 2. The molecule has 0 spiro atoms. The van der Waals surface area contributed by atoms with E-state index in [1.807, 2.05) is 73.7 Å². The number of rotatable bonds is 6. The first-order chi connectivity index (χ1) is 16.4. The van der Waals surface area contributed by atoms with Crippen molar-refractivity contribution in [1.29, 1.82) is 0 Å². The van der Waals surface area contributed by atoms with Crippen LogP contribution < -0.4 is 0 Å². The molecule has 0 unspecified atom stereocenters. The monoisotopic (exact) mass is 448 g/mol. The van der Waals surface area contributed by atoms with Crippen molar-refractivity contribution >= 4 is 11.4 Å². The highest BCUT2D eigenvalue weighted by atomic mass is 16.3. The average molecular weight is 449 g/mol. The molecule has 0 atom stereocenters. The summed E-state index contributed by atoms with van der Waals surface area (Å²) in [6.45, 7) is 10.8. The van der Waals surface area contributed by atoms with Gasteiger partial charge in [-0.3, -0.25) is 4.99 Å². The normalized spacial score (nSPS) is 11.9. The molecule has 1 aromatic heterocycles. The summed E-state index contributed by atoms with van der Waals surface area (Å²) in [4.78, 5) is 9.98. The van der Waals surface area contributed by atoms with Gasteiger partial charge >= 0.3 is 0 Å². The fraction of sp³-hybridized carbons (Fsp3) is 0.226. The second kappa shape index (κ2) is 10.0. The van der Waals surface area contributed by atoms with Gasteiger partial charge in [-0.15, -0.1) is 0 Å².